The van der Waals surface area contributed by atoms with Crippen LogP contribution in [0.2, 0.25) is 6.04 Å². The van der Waals surface area contributed by atoms with E-state index in [4.69, 9.17) is 4.80 Å². The normalized spacial score (nSPS) is 24.4. The van der Waals surface area contributed by atoms with Crippen molar-refractivity contribution in [1.82, 2.24) is 0 Å². The Morgan fingerprint density at radius 3 is 1.88 bits per heavy atom. The van der Waals surface area contributed by atoms with Crippen molar-refractivity contribution >= 4 is 9.76 Å². The second-order valence-electron chi connectivity index (χ2n) is 5.97. The lowest BCUT2D eigenvalue weighted by Gasteiger charge is -2.29. The van der Waals surface area contributed by atoms with Gasteiger partial charge in [-0.2, -0.15) is 0 Å². The Hall–Kier alpha value is 0.177. The molecule has 0 bridgehead atoms. The zero-order chi connectivity index (χ0) is 11.2. The SMILES string of the molecule is O[SiH2]CCCC(C1CCCC1)C1CCCC1. The van der Waals surface area contributed by atoms with Gasteiger partial charge in [-0.15, -0.1) is 0 Å². The molecule has 2 saturated carbocycles. The fraction of sp³-hybridized carbons (Fsp3) is 1.00. The molecular weight excluding hydrogens is 212 g/mol. The van der Waals surface area contributed by atoms with Crippen LogP contribution in [0.1, 0.15) is 64.2 Å². The van der Waals surface area contributed by atoms with Crippen molar-refractivity contribution in [3.63, 3.8) is 0 Å². The van der Waals surface area contributed by atoms with E-state index in [9.17, 15) is 0 Å². The van der Waals surface area contributed by atoms with Gasteiger partial charge in [-0.1, -0.05) is 64.2 Å². The van der Waals surface area contributed by atoms with Crippen LogP contribution in [0.3, 0.4) is 0 Å². The second-order valence-corrected chi connectivity index (χ2v) is 7.13. The van der Waals surface area contributed by atoms with Gasteiger partial charge < -0.3 is 4.80 Å². The summed E-state index contributed by atoms with van der Waals surface area (Å²) in [4.78, 5) is 9.05. The zero-order valence-corrected chi connectivity index (χ0v) is 12.1. The van der Waals surface area contributed by atoms with Gasteiger partial charge in [0.1, 0.15) is 0 Å². The van der Waals surface area contributed by atoms with Crippen LogP contribution in [0, 0.1) is 17.8 Å². The van der Waals surface area contributed by atoms with Crippen LogP contribution in [0.25, 0.3) is 0 Å². The molecule has 2 aliphatic carbocycles. The minimum absolute atomic E-state index is 0.672. The minimum Gasteiger partial charge on any atom is -0.438 e. The third-order valence-corrected chi connectivity index (χ3v) is 5.77. The molecule has 0 heterocycles. The summed E-state index contributed by atoms with van der Waals surface area (Å²) in [5, 5.41) is 0. The molecule has 0 aromatic carbocycles. The lowest BCUT2D eigenvalue weighted by molar-refractivity contribution is 0.214. The largest absolute Gasteiger partial charge is 0.438 e. The van der Waals surface area contributed by atoms with Crippen molar-refractivity contribution in [2.75, 3.05) is 0 Å². The van der Waals surface area contributed by atoms with Gasteiger partial charge in [0.2, 0.25) is 0 Å². The van der Waals surface area contributed by atoms with Crippen molar-refractivity contribution < 1.29 is 4.80 Å². The fourth-order valence-corrected chi connectivity index (χ4v) is 4.63. The van der Waals surface area contributed by atoms with Crippen LogP contribution in [0.4, 0.5) is 0 Å². The van der Waals surface area contributed by atoms with Crippen LogP contribution < -0.4 is 0 Å². The van der Waals surface area contributed by atoms with Gasteiger partial charge >= 0.3 is 0 Å². The standard InChI is InChI=1S/C14H28OSi/c15-16-11-5-10-14(12-6-1-2-7-12)13-8-3-4-9-13/h12-15H,1-11,16H2. The highest BCUT2D eigenvalue weighted by Gasteiger charge is 2.32. The average Bonchev–Trinajstić information content (AvgIpc) is 2.97. The molecule has 0 aromatic rings. The number of hydrogen-bond donors (Lipinski definition) is 1. The summed E-state index contributed by atoms with van der Waals surface area (Å²) in [6, 6.07) is 1.16. The summed E-state index contributed by atoms with van der Waals surface area (Å²) in [7, 11) is -0.672. The molecular formula is C14H28OSi. The fourth-order valence-electron chi connectivity index (χ4n) is 4.12. The summed E-state index contributed by atoms with van der Waals surface area (Å²) >= 11 is 0. The summed E-state index contributed by atoms with van der Waals surface area (Å²) < 4.78 is 0. The monoisotopic (exact) mass is 240 g/mol. The summed E-state index contributed by atoms with van der Waals surface area (Å²) in [5.41, 5.74) is 0. The molecule has 0 atom stereocenters. The average molecular weight is 240 g/mol. The maximum Gasteiger partial charge on any atom is 0.156 e. The third kappa shape index (κ3) is 3.33. The van der Waals surface area contributed by atoms with Crippen LogP contribution in [0.15, 0.2) is 0 Å². The first kappa shape index (κ1) is 12.6. The Morgan fingerprint density at radius 1 is 0.938 bits per heavy atom. The summed E-state index contributed by atoms with van der Waals surface area (Å²) in [5.74, 6) is 3.15. The predicted molar refractivity (Wildman–Crippen MR) is 72.2 cm³/mol. The van der Waals surface area contributed by atoms with Crippen molar-refractivity contribution in [2.45, 2.75) is 70.3 Å². The highest BCUT2D eigenvalue weighted by Crippen LogP contribution is 2.43. The van der Waals surface area contributed by atoms with Crippen molar-refractivity contribution in [3.8, 4) is 0 Å². The van der Waals surface area contributed by atoms with Crippen molar-refractivity contribution in [1.29, 1.82) is 0 Å². The van der Waals surface area contributed by atoms with Crippen molar-refractivity contribution in [3.05, 3.63) is 0 Å². The maximum absolute atomic E-state index is 9.05. The second kappa shape index (κ2) is 6.80. The van der Waals surface area contributed by atoms with Gasteiger partial charge in [-0.05, 0) is 23.8 Å². The Labute approximate surface area is 103 Å². The first-order chi connectivity index (χ1) is 7.92. The van der Waals surface area contributed by atoms with Crippen LogP contribution in [-0.2, 0) is 0 Å². The predicted octanol–water partition coefficient (Wildman–Crippen LogP) is 3.26. The van der Waals surface area contributed by atoms with Gasteiger partial charge in [-0.25, -0.2) is 0 Å². The Kier molecular flexibility index (Phi) is 5.37. The van der Waals surface area contributed by atoms with E-state index in [2.05, 4.69) is 0 Å². The molecule has 0 aromatic heterocycles. The first-order valence-electron chi connectivity index (χ1n) is 7.52. The molecule has 0 unspecified atom stereocenters. The number of rotatable bonds is 6. The van der Waals surface area contributed by atoms with E-state index in [1.165, 1.54) is 64.2 Å². The minimum atomic E-state index is -0.672. The quantitative estimate of drug-likeness (QED) is 0.558. The molecule has 2 aliphatic rings. The van der Waals surface area contributed by atoms with Gasteiger partial charge in [-0.3, -0.25) is 0 Å². The Bertz CT molecular complexity index is 167. The lowest BCUT2D eigenvalue weighted by Crippen LogP contribution is -2.20. The molecule has 94 valence electrons. The highest BCUT2D eigenvalue weighted by molar-refractivity contribution is 6.25. The molecule has 0 aliphatic heterocycles. The first-order valence-corrected chi connectivity index (χ1v) is 9.16. The van der Waals surface area contributed by atoms with Crippen LogP contribution >= 0.6 is 0 Å². The number of hydrogen-bond acceptors (Lipinski definition) is 1. The van der Waals surface area contributed by atoms with Gasteiger partial charge in [0.05, 0.1) is 0 Å². The topological polar surface area (TPSA) is 20.2 Å². The smallest absolute Gasteiger partial charge is 0.156 e. The lowest BCUT2D eigenvalue weighted by atomic mass is 9.77. The van der Waals surface area contributed by atoms with E-state index in [-0.39, 0.29) is 0 Å². The van der Waals surface area contributed by atoms with E-state index in [0.717, 1.165) is 23.8 Å². The summed E-state index contributed by atoms with van der Waals surface area (Å²) in [6.07, 6.45) is 14.8. The van der Waals surface area contributed by atoms with E-state index >= 15 is 0 Å². The van der Waals surface area contributed by atoms with Gasteiger partial charge in [0, 0.05) is 0 Å². The molecule has 1 N–H and O–H groups in total. The Morgan fingerprint density at radius 2 is 1.44 bits per heavy atom. The highest BCUT2D eigenvalue weighted by atomic mass is 28.2. The molecule has 0 radical (unpaired) electrons. The molecule has 0 saturated heterocycles. The summed E-state index contributed by atoms with van der Waals surface area (Å²) in [6.45, 7) is 0. The van der Waals surface area contributed by atoms with Gasteiger partial charge in [0.15, 0.2) is 9.76 Å². The molecule has 2 fully saturated rings. The zero-order valence-electron chi connectivity index (χ0n) is 10.7. The van der Waals surface area contributed by atoms with Crippen LogP contribution in [-0.4, -0.2) is 14.6 Å². The molecule has 2 rings (SSSR count). The molecule has 1 nitrogen and oxygen atoms in total. The molecule has 0 amide bonds. The van der Waals surface area contributed by atoms with E-state index in [0.29, 0.717) is 0 Å². The molecule has 0 spiro atoms. The van der Waals surface area contributed by atoms with Gasteiger partial charge in [0.25, 0.3) is 0 Å². The Balaban J connectivity index is 1.83. The van der Waals surface area contributed by atoms with E-state index < -0.39 is 9.76 Å². The third-order valence-electron chi connectivity index (χ3n) is 4.96. The molecule has 2 heteroatoms. The van der Waals surface area contributed by atoms with E-state index in [1.54, 1.807) is 0 Å². The maximum atomic E-state index is 9.05. The van der Waals surface area contributed by atoms with Crippen molar-refractivity contribution in [2.24, 2.45) is 17.8 Å². The van der Waals surface area contributed by atoms with E-state index in [1.807, 2.05) is 0 Å². The van der Waals surface area contributed by atoms with Crippen LogP contribution in [0.5, 0.6) is 0 Å². The molecule has 16 heavy (non-hydrogen) atoms.